The van der Waals surface area contributed by atoms with E-state index in [4.69, 9.17) is 40.3 Å². The van der Waals surface area contributed by atoms with Crippen LogP contribution in [0.3, 0.4) is 0 Å². The fraction of sp³-hybridized carbons (Fsp3) is 0.170. The van der Waals surface area contributed by atoms with Gasteiger partial charge in [-0.3, -0.25) is 0 Å². The first-order chi connectivity index (χ1) is 30.1. The third-order valence-electron chi connectivity index (χ3n) is 10.8. The first-order valence-corrected chi connectivity index (χ1v) is 27.8. The van der Waals surface area contributed by atoms with Crippen LogP contribution in [0.25, 0.3) is 32.7 Å². The maximum absolute atomic E-state index is 5.79. The molecule has 1 aliphatic rings. The molecule has 318 valence electrons. The van der Waals surface area contributed by atoms with Gasteiger partial charge in [0.15, 0.2) is 5.79 Å². The van der Waals surface area contributed by atoms with E-state index in [-0.39, 0.29) is 39.4 Å². The van der Waals surface area contributed by atoms with Crippen LogP contribution in [0.4, 0.5) is 0 Å². The van der Waals surface area contributed by atoms with Crippen LogP contribution < -0.4 is 43.3 Å². The molecular weight excluding hydrogens is 931 g/mol. The molecule has 8 aromatic carbocycles. The van der Waals surface area contributed by atoms with E-state index >= 15 is 0 Å². The van der Waals surface area contributed by atoms with Crippen molar-refractivity contribution in [3.63, 3.8) is 0 Å². The third-order valence-corrected chi connectivity index (χ3v) is 15.8. The average molecular weight is 983 g/mol. The summed E-state index contributed by atoms with van der Waals surface area (Å²) in [6.07, 6.45) is -0.204. The molecule has 4 nitrogen and oxygen atoms in total. The summed E-state index contributed by atoms with van der Waals surface area (Å²) in [5, 5.41) is 13.3. The number of ether oxygens (including phenoxy) is 2. The molecule has 9 rings (SSSR count). The first-order valence-electron chi connectivity index (χ1n) is 20.7. The summed E-state index contributed by atoms with van der Waals surface area (Å²) in [6, 6.07) is 71.7. The van der Waals surface area contributed by atoms with Crippen molar-refractivity contribution < 1.29 is 24.6 Å². The molecule has 1 aliphatic heterocycles. The molecule has 62 heavy (non-hydrogen) atoms. The van der Waals surface area contributed by atoms with E-state index in [1.54, 1.807) is 0 Å². The Morgan fingerprint density at radius 1 is 0.452 bits per heavy atom. The fourth-order valence-corrected chi connectivity index (χ4v) is 13.2. The molecular formula is C53H52Cl2N2O2P2Ru. The van der Waals surface area contributed by atoms with Gasteiger partial charge in [0.2, 0.25) is 0 Å². The molecule has 0 aromatic heterocycles. The average Bonchev–Trinajstić information content (AvgIpc) is 3.64. The third kappa shape index (κ3) is 10.7. The van der Waals surface area contributed by atoms with Gasteiger partial charge in [0, 0.05) is 12.1 Å². The zero-order chi connectivity index (χ0) is 43.6. The summed E-state index contributed by atoms with van der Waals surface area (Å²) in [5.74, 6) is -0.559. The minimum absolute atomic E-state index is 0.0576. The predicted molar refractivity (Wildman–Crippen MR) is 267 cm³/mol. The molecule has 1 heterocycles. The van der Waals surface area contributed by atoms with Crippen LogP contribution in [0, 0.1) is 0 Å². The predicted octanol–water partition coefficient (Wildman–Crippen LogP) is 10.8. The summed E-state index contributed by atoms with van der Waals surface area (Å²) in [7, 11) is 8.00. The quantitative estimate of drug-likeness (QED) is 0.112. The minimum Gasteiger partial charge on any atom is -0.0622 e. The smallest absolute Gasteiger partial charge is 0.000884 e. The maximum Gasteiger partial charge on any atom is -0.000884 e. The van der Waals surface area contributed by atoms with E-state index in [1.165, 1.54) is 64.5 Å². The molecule has 0 radical (unpaired) electrons. The Morgan fingerprint density at radius 2 is 0.726 bits per heavy atom. The second kappa shape index (κ2) is 21.7. The molecule has 4 atom stereocenters. The Morgan fingerprint density at radius 3 is 1.02 bits per heavy atom. The number of rotatable bonds is 9. The zero-order valence-electron chi connectivity index (χ0n) is 35.3. The van der Waals surface area contributed by atoms with Crippen molar-refractivity contribution in [2.45, 2.75) is 57.8 Å². The van der Waals surface area contributed by atoms with E-state index in [0.717, 1.165) is 0 Å². The Balaban J connectivity index is 0.000000307. The molecule has 0 bridgehead atoms. The molecule has 0 amide bonds. The zero-order valence-corrected chi connectivity index (χ0v) is 40.3. The van der Waals surface area contributed by atoms with Gasteiger partial charge in [-0.15, -0.1) is 0 Å². The number of hydrogen-bond donors (Lipinski definition) is 2. The van der Waals surface area contributed by atoms with Crippen molar-refractivity contribution in [3.8, 4) is 11.1 Å². The number of nitrogens with two attached hydrogens (primary N) is 2. The van der Waals surface area contributed by atoms with Gasteiger partial charge < -0.3 is 20.9 Å². The van der Waals surface area contributed by atoms with Crippen molar-refractivity contribution >= 4 is 88.6 Å². The normalized spacial score (nSPS) is 16.7. The summed E-state index contributed by atoms with van der Waals surface area (Å²) in [6.45, 7) is 7.57. The monoisotopic (exact) mass is 982 g/mol. The maximum atomic E-state index is 5.79. The van der Waals surface area contributed by atoms with E-state index in [1.807, 2.05) is 27.7 Å². The molecule has 0 unspecified atom stereocenters. The van der Waals surface area contributed by atoms with Crippen LogP contribution >= 0.6 is 35.2 Å². The van der Waals surface area contributed by atoms with Crippen molar-refractivity contribution in [2.24, 2.45) is 11.5 Å². The molecule has 0 saturated carbocycles. The molecule has 1 fully saturated rings. The fourth-order valence-electron chi connectivity index (χ4n) is 8.21. The molecule has 4 N–H and O–H groups in total. The van der Waals surface area contributed by atoms with Crippen LogP contribution in [0.1, 0.15) is 27.7 Å². The van der Waals surface area contributed by atoms with E-state index < -0.39 is 21.6 Å². The number of benzene rings is 8. The Kier molecular flexibility index (Phi) is 16.2. The second-order valence-corrected chi connectivity index (χ2v) is 22.7. The van der Waals surface area contributed by atoms with Crippen LogP contribution in [0.15, 0.2) is 194 Å². The Labute approximate surface area is 385 Å². The van der Waals surface area contributed by atoms with Crippen LogP contribution in [-0.2, 0) is 24.6 Å². The molecule has 0 aliphatic carbocycles. The second-order valence-electron chi connectivity index (χ2n) is 15.7. The summed E-state index contributed by atoms with van der Waals surface area (Å²) in [5.41, 5.74) is 14.3. The van der Waals surface area contributed by atoms with E-state index in [0.29, 0.717) is 0 Å². The minimum atomic E-state index is -0.852. The summed E-state index contributed by atoms with van der Waals surface area (Å²) >= 11 is -0.346. The molecule has 8 aromatic rings. The van der Waals surface area contributed by atoms with Gasteiger partial charge in [-0.05, 0) is 108 Å². The van der Waals surface area contributed by atoms with E-state index in [2.05, 4.69) is 194 Å². The molecule has 9 heteroatoms. The summed E-state index contributed by atoms with van der Waals surface area (Å²) in [4.78, 5) is 0. The molecule has 1 saturated heterocycles. The Hall–Kier alpha value is -3.82. The van der Waals surface area contributed by atoms with Gasteiger partial charge in [-0.1, -0.05) is 194 Å². The molecule has 0 spiro atoms. The van der Waals surface area contributed by atoms with Gasteiger partial charge in [0.25, 0.3) is 0 Å². The van der Waals surface area contributed by atoms with Crippen LogP contribution in [0.5, 0.6) is 0 Å². The van der Waals surface area contributed by atoms with Crippen molar-refractivity contribution in [1.29, 1.82) is 0 Å². The first kappa shape index (κ1) is 46.2. The topological polar surface area (TPSA) is 70.5 Å². The Bertz CT molecular complexity index is 2400. The largest absolute Gasteiger partial charge is 0.0622 e. The van der Waals surface area contributed by atoms with Gasteiger partial charge in [-0.2, -0.15) is 0 Å². The van der Waals surface area contributed by atoms with Crippen molar-refractivity contribution in [1.82, 2.24) is 0 Å². The van der Waals surface area contributed by atoms with Gasteiger partial charge in [0.1, 0.15) is 12.2 Å². The SMILES string of the molecule is C[C@@H](N)[C@H]1OC(C)(C)O[C@@H]1[C@@H](C)N.[Cl][Ru][Cl].c1ccc(P(c2ccccc2)c2ccc3ccccc3c2-c2c(P(c3ccccc3)c3ccccc3)ccc3ccccc23)cc1. The van der Waals surface area contributed by atoms with Gasteiger partial charge in [0.05, 0.1) is 0 Å². The van der Waals surface area contributed by atoms with E-state index in [9.17, 15) is 0 Å². The van der Waals surface area contributed by atoms with Gasteiger partial charge >= 0.3 is 34.5 Å². The van der Waals surface area contributed by atoms with Crippen LogP contribution in [0.2, 0.25) is 0 Å². The van der Waals surface area contributed by atoms with Gasteiger partial charge in [-0.25, -0.2) is 0 Å². The number of halogens is 2. The van der Waals surface area contributed by atoms with Crippen molar-refractivity contribution in [2.75, 3.05) is 0 Å². The summed E-state index contributed by atoms with van der Waals surface area (Å²) < 4.78 is 11.3. The number of hydrogen-bond acceptors (Lipinski definition) is 4. The number of fused-ring (bicyclic) bond motifs is 2. The standard InChI is InChI=1S/C44H32P2.C9H20N2O2.2ClH.Ru/c1-5-19-35(20-6-1)45(36-21-7-2-8-22-36)41-31-29-33-17-13-15-27-39(33)43(41)44-40-28-16-14-18-34(40)30-32-42(44)46(37-23-9-3-10-24-37)38-25-11-4-12-26-38;1-5(10)7-8(6(2)11)13-9(3,4)12-7;;;/h1-32H;5-8H,10-11H2,1-4H3;2*1H;/q;;;;+2/p-2/t;5-,6-,7-,8-;;;/m.1.../s1. The van der Waals surface area contributed by atoms with Crippen molar-refractivity contribution in [3.05, 3.63) is 194 Å². The van der Waals surface area contributed by atoms with Crippen LogP contribution in [-0.4, -0.2) is 30.1 Å².